The fraction of sp³-hybridized carbons (Fsp3) is 0.538. The SMILES string of the molecule is CCNc1nc(N(C)C(C)CSC)nc(-n2ccnc2)n1. The standard InChI is InChI=1S/C13H21N7S/c1-5-15-11-16-12(19(3)10(2)8-21-4)18-13(17-11)20-7-6-14-9-20/h6-7,9-10H,5,8H2,1-4H3,(H,15,16,17,18). The van der Waals surface area contributed by atoms with E-state index in [0.29, 0.717) is 23.9 Å². The molecule has 8 heteroatoms. The zero-order valence-electron chi connectivity index (χ0n) is 12.8. The van der Waals surface area contributed by atoms with Crippen LogP contribution in [0.4, 0.5) is 11.9 Å². The summed E-state index contributed by atoms with van der Waals surface area (Å²) in [5, 5.41) is 3.15. The summed E-state index contributed by atoms with van der Waals surface area (Å²) >= 11 is 1.81. The van der Waals surface area contributed by atoms with Gasteiger partial charge in [0, 0.05) is 37.8 Å². The highest BCUT2D eigenvalue weighted by atomic mass is 32.2. The lowest BCUT2D eigenvalue weighted by Crippen LogP contribution is -2.33. The Kier molecular flexibility index (Phi) is 5.38. The van der Waals surface area contributed by atoms with Gasteiger partial charge in [-0.1, -0.05) is 0 Å². The number of aromatic nitrogens is 5. The fourth-order valence-electron chi connectivity index (χ4n) is 1.79. The minimum Gasteiger partial charge on any atom is -0.354 e. The van der Waals surface area contributed by atoms with Crippen LogP contribution in [0, 0.1) is 0 Å². The van der Waals surface area contributed by atoms with Gasteiger partial charge in [0.1, 0.15) is 6.33 Å². The molecule has 0 spiro atoms. The van der Waals surface area contributed by atoms with E-state index in [2.05, 4.69) is 43.3 Å². The quantitative estimate of drug-likeness (QED) is 0.834. The van der Waals surface area contributed by atoms with Crippen molar-refractivity contribution >= 4 is 23.7 Å². The van der Waals surface area contributed by atoms with Crippen LogP contribution < -0.4 is 10.2 Å². The second-order valence-corrected chi connectivity index (χ2v) is 5.59. The molecule has 0 saturated heterocycles. The zero-order chi connectivity index (χ0) is 15.2. The van der Waals surface area contributed by atoms with E-state index in [1.807, 2.05) is 20.2 Å². The maximum absolute atomic E-state index is 4.54. The molecule has 2 rings (SSSR count). The minimum absolute atomic E-state index is 0.340. The van der Waals surface area contributed by atoms with Crippen LogP contribution in [0.3, 0.4) is 0 Å². The van der Waals surface area contributed by atoms with E-state index in [-0.39, 0.29) is 0 Å². The number of thioether (sulfide) groups is 1. The van der Waals surface area contributed by atoms with Crippen LogP contribution in [-0.2, 0) is 0 Å². The molecular formula is C13H21N7S. The average molecular weight is 307 g/mol. The molecule has 0 radical (unpaired) electrons. The topological polar surface area (TPSA) is 71.8 Å². The van der Waals surface area contributed by atoms with Gasteiger partial charge in [-0.3, -0.25) is 4.57 Å². The van der Waals surface area contributed by atoms with Gasteiger partial charge in [0.2, 0.25) is 17.8 Å². The van der Waals surface area contributed by atoms with E-state index >= 15 is 0 Å². The molecule has 2 heterocycles. The normalized spacial score (nSPS) is 12.2. The van der Waals surface area contributed by atoms with Gasteiger partial charge >= 0.3 is 0 Å². The van der Waals surface area contributed by atoms with Crippen molar-refractivity contribution in [3.05, 3.63) is 18.7 Å². The van der Waals surface area contributed by atoms with Crippen molar-refractivity contribution in [2.75, 3.05) is 35.8 Å². The van der Waals surface area contributed by atoms with Gasteiger partial charge < -0.3 is 10.2 Å². The Morgan fingerprint density at radius 1 is 1.38 bits per heavy atom. The van der Waals surface area contributed by atoms with Gasteiger partial charge in [0.25, 0.3) is 0 Å². The second kappa shape index (κ2) is 7.26. The smallest absolute Gasteiger partial charge is 0.241 e. The number of hydrogen-bond donors (Lipinski definition) is 1. The Morgan fingerprint density at radius 2 is 2.19 bits per heavy atom. The Labute approximate surface area is 129 Å². The molecule has 2 aromatic rings. The van der Waals surface area contributed by atoms with Crippen molar-refractivity contribution < 1.29 is 0 Å². The average Bonchev–Trinajstić information content (AvgIpc) is 3.01. The number of nitrogens with one attached hydrogen (secondary N) is 1. The number of nitrogens with zero attached hydrogens (tertiary/aromatic N) is 6. The van der Waals surface area contributed by atoms with Crippen LogP contribution in [0.2, 0.25) is 0 Å². The predicted octanol–water partition coefficient (Wildman–Crippen LogP) is 1.68. The zero-order valence-corrected chi connectivity index (χ0v) is 13.6. The minimum atomic E-state index is 0.340. The number of hydrogen-bond acceptors (Lipinski definition) is 7. The highest BCUT2D eigenvalue weighted by Gasteiger charge is 2.15. The summed E-state index contributed by atoms with van der Waals surface area (Å²) in [7, 11) is 2.00. The molecule has 2 aromatic heterocycles. The lowest BCUT2D eigenvalue weighted by Gasteiger charge is -2.24. The Morgan fingerprint density at radius 3 is 2.81 bits per heavy atom. The van der Waals surface area contributed by atoms with Gasteiger partial charge in [-0.05, 0) is 20.1 Å². The third-order valence-electron chi connectivity index (χ3n) is 3.07. The van der Waals surface area contributed by atoms with Gasteiger partial charge in [-0.15, -0.1) is 0 Å². The summed E-state index contributed by atoms with van der Waals surface area (Å²) in [5.74, 6) is 2.82. The van der Waals surface area contributed by atoms with Crippen LogP contribution in [0.5, 0.6) is 0 Å². The molecular weight excluding hydrogens is 286 g/mol. The van der Waals surface area contributed by atoms with E-state index in [0.717, 1.165) is 12.3 Å². The van der Waals surface area contributed by atoms with Crippen molar-refractivity contribution in [3.63, 3.8) is 0 Å². The largest absolute Gasteiger partial charge is 0.354 e. The first-order valence-electron chi connectivity index (χ1n) is 6.85. The lowest BCUT2D eigenvalue weighted by molar-refractivity contribution is 0.728. The Bertz CT molecular complexity index is 558. The maximum atomic E-state index is 4.54. The summed E-state index contributed by atoms with van der Waals surface area (Å²) in [6.45, 7) is 4.93. The molecule has 21 heavy (non-hydrogen) atoms. The highest BCUT2D eigenvalue weighted by Crippen LogP contribution is 2.15. The summed E-state index contributed by atoms with van der Waals surface area (Å²) in [6.07, 6.45) is 7.30. The van der Waals surface area contributed by atoms with E-state index in [4.69, 9.17) is 0 Å². The third kappa shape index (κ3) is 3.84. The summed E-state index contributed by atoms with van der Waals surface area (Å²) in [6, 6.07) is 0.340. The summed E-state index contributed by atoms with van der Waals surface area (Å²) in [4.78, 5) is 19.5. The third-order valence-corrected chi connectivity index (χ3v) is 3.88. The molecule has 1 unspecified atom stereocenters. The first-order valence-corrected chi connectivity index (χ1v) is 8.25. The molecule has 7 nitrogen and oxygen atoms in total. The van der Waals surface area contributed by atoms with Gasteiger partial charge in [-0.25, -0.2) is 4.98 Å². The van der Waals surface area contributed by atoms with Crippen molar-refractivity contribution in [2.24, 2.45) is 0 Å². The summed E-state index contributed by atoms with van der Waals surface area (Å²) < 4.78 is 1.78. The van der Waals surface area contributed by atoms with Crippen LogP contribution in [0.1, 0.15) is 13.8 Å². The van der Waals surface area contributed by atoms with Crippen LogP contribution in [0.15, 0.2) is 18.7 Å². The molecule has 0 saturated carbocycles. The monoisotopic (exact) mass is 307 g/mol. The van der Waals surface area contributed by atoms with Crippen LogP contribution in [-0.4, -0.2) is 56.1 Å². The highest BCUT2D eigenvalue weighted by molar-refractivity contribution is 7.98. The van der Waals surface area contributed by atoms with Crippen molar-refractivity contribution in [1.82, 2.24) is 24.5 Å². The second-order valence-electron chi connectivity index (χ2n) is 4.67. The lowest BCUT2D eigenvalue weighted by atomic mass is 10.3. The first kappa shape index (κ1) is 15.6. The first-order chi connectivity index (χ1) is 10.2. The fourth-order valence-corrected chi connectivity index (χ4v) is 2.50. The number of rotatable bonds is 7. The van der Waals surface area contributed by atoms with Crippen molar-refractivity contribution in [3.8, 4) is 5.95 Å². The molecule has 0 bridgehead atoms. The van der Waals surface area contributed by atoms with E-state index in [1.165, 1.54) is 0 Å². The molecule has 0 aliphatic rings. The van der Waals surface area contributed by atoms with Crippen molar-refractivity contribution in [1.29, 1.82) is 0 Å². The molecule has 0 amide bonds. The van der Waals surface area contributed by atoms with E-state index in [1.54, 1.807) is 28.9 Å². The Hall–Kier alpha value is -1.83. The van der Waals surface area contributed by atoms with Gasteiger partial charge in [-0.2, -0.15) is 26.7 Å². The molecule has 1 atom stereocenters. The molecule has 0 fully saturated rings. The van der Waals surface area contributed by atoms with E-state index in [9.17, 15) is 0 Å². The number of imidazole rings is 1. The molecule has 114 valence electrons. The summed E-state index contributed by atoms with van der Waals surface area (Å²) in [5.41, 5.74) is 0. The van der Waals surface area contributed by atoms with E-state index < -0.39 is 0 Å². The van der Waals surface area contributed by atoms with Gasteiger partial charge in [0.15, 0.2) is 0 Å². The maximum Gasteiger partial charge on any atom is 0.241 e. The number of anilines is 2. The van der Waals surface area contributed by atoms with Crippen molar-refractivity contribution in [2.45, 2.75) is 19.9 Å². The molecule has 0 aliphatic carbocycles. The van der Waals surface area contributed by atoms with Crippen LogP contribution >= 0.6 is 11.8 Å². The molecule has 0 aliphatic heterocycles. The van der Waals surface area contributed by atoms with Crippen LogP contribution in [0.25, 0.3) is 5.95 Å². The predicted molar refractivity (Wildman–Crippen MR) is 87.4 cm³/mol. The Balaban J connectivity index is 2.36. The molecule has 1 N–H and O–H groups in total. The van der Waals surface area contributed by atoms with Gasteiger partial charge in [0.05, 0.1) is 0 Å². The molecule has 0 aromatic carbocycles.